The molecular weight excluding hydrogens is 284 g/mol. The van der Waals surface area contributed by atoms with Crippen molar-refractivity contribution in [3.63, 3.8) is 0 Å². The zero-order valence-electron chi connectivity index (χ0n) is 10.6. The smallest absolute Gasteiger partial charge is 0.261 e. The van der Waals surface area contributed by atoms with Gasteiger partial charge in [0.25, 0.3) is 9.05 Å². The molecule has 0 spiro atoms. The van der Waals surface area contributed by atoms with E-state index in [1.54, 1.807) is 19.2 Å². The van der Waals surface area contributed by atoms with Crippen molar-refractivity contribution >= 4 is 19.7 Å². The fourth-order valence-electron chi connectivity index (χ4n) is 1.93. The minimum absolute atomic E-state index is 0.0927. The number of methoxy groups -OCH3 is 1. The maximum atomic E-state index is 11.5. The summed E-state index contributed by atoms with van der Waals surface area (Å²) in [6, 6.07) is 12.4. The van der Waals surface area contributed by atoms with Gasteiger partial charge < -0.3 is 4.74 Å². The van der Waals surface area contributed by atoms with Crippen LogP contribution in [-0.2, 0) is 9.05 Å². The summed E-state index contributed by atoms with van der Waals surface area (Å²) >= 11 is 0. The third-order valence-electron chi connectivity index (χ3n) is 2.75. The van der Waals surface area contributed by atoms with Crippen LogP contribution in [0.3, 0.4) is 0 Å². The molecule has 5 heteroatoms. The highest BCUT2D eigenvalue weighted by atomic mass is 35.7. The Kier molecular flexibility index (Phi) is 3.83. The molecule has 0 aliphatic rings. The standard InChI is InChI=1S/C14H13ClO3S/c1-10-7-11(9-12(8-10)19(15,16)17)13-5-3-4-6-14(13)18-2/h3-9H,1-2H3. The first kappa shape index (κ1) is 13.9. The highest BCUT2D eigenvalue weighted by Crippen LogP contribution is 2.32. The summed E-state index contributed by atoms with van der Waals surface area (Å²) in [5.41, 5.74) is 2.41. The summed E-state index contributed by atoms with van der Waals surface area (Å²) in [6.45, 7) is 1.82. The number of hydrogen-bond acceptors (Lipinski definition) is 3. The topological polar surface area (TPSA) is 43.4 Å². The molecule has 0 heterocycles. The first-order valence-electron chi connectivity index (χ1n) is 5.61. The number of aryl methyl sites for hydroxylation is 1. The summed E-state index contributed by atoms with van der Waals surface area (Å²) < 4.78 is 28.2. The number of hydrogen-bond donors (Lipinski definition) is 0. The molecule has 0 unspecified atom stereocenters. The third kappa shape index (κ3) is 3.08. The average molecular weight is 297 g/mol. The first-order valence-corrected chi connectivity index (χ1v) is 7.92. The summed E-state index contributed by atoms with van der Waals surface area (Å²) in [7, 11) is 3.24. The molecule has 3 nitrogen and oxygen atoms in total. The van der Waals surface area contributed by atoms with Gasteiger partial charge in [-0.05, 0) is 36.2 Å². The van der Waals surface area contributed by atoms with E-state index in [2.05, 4.69) is 0 Å². The van der Waals surface area contributed by atoms with Crippen molar-refractivity contribution in [1.82, 2.24) is 0 Å². The molecule has 0 aliphatic carbocycles. The molecule has 0 N–H and O–H groups in total. The molecular formula is C14H13ClO3S. The number of halogens is 1. The van der Waals surface area contributed by atoms with E-state index in [1.165, 1.54) is 0 Å². The quantitative estimate of drug-likeness (QED) is 0.813. The average Bonchev–Trinajstić information content (AvgIpc) is 2.37. The zero-order chi connectivity index (χ0) is 14.0. The van der Waals surface area contributed by atoms with Gasteiger partial charge in [0.2, 0.25) is 0 Å². The van der Waals surface area contributed by atoms with Gasteiger partial charge in [-0.3, -0.25) is 0 Å². The Hall–Kier alpha value is -1.52. The predicted octanol–water partition coefficient (Wildman–Crippen LogP) is 3.60. The van der Waals surface area contributed by atoms with E-state index >= 15 is 0 Å². The number of rotatable bonds is 3. The molecule has 0 fully saturated rings. The molecule has 0 saturated heterocycles. The summed E-state index contributed by atoms with van der Waals surface area (Å²) in [6.07, 6.45) is 0. The Morgan fingerprint density at radius 3 is 2.42 bits per heavy atom. The molecule has 2 aromatic rings. The van der Waals surface area contributed by atoms with E-state index in [9.17, 15) is 8.42 Å². The van der Waals surface area contributed by atoms with Gasteiger partial charge in [-0.1, -0.05) is 24.3 Å². The fraction of sp³-hybridized carbons (Fsp3) is 0.143. The van der Waals surface area contributed by atoms with Gasteiger partial charge >= 0.3 is 0 Å². The van der Waals surface area contributed by atoms with Crippen molar-refractivity contribution in [3.05, 3.63) is 48.0 Å². The number of benzene rings is 2. The van der Waals surface area contributed by atoms with E-state index in [4.69, 9.17) is 15.4 Å². The highest BCUT2D eigenvalue weighted by Gasteiger charge is 2.13. The lowest BCUT2D eigenvalue weighted by atomic mass is 10.0. The van der Waals surface area contributed by atoms with Crippen LogP contribution in [0.4, 0.5) is 0 Å². The molecule has 0 atom stereocenters. The van der Waals surface area contributed by atoms with E-state index in [-0.39, 0.29) is 4.90 Å². The maximum Gasteiger partial charge on any atom is 0.261 e. The van der Waals surface area contributed by atoms with E-state index < -0.39 is 9.05 Å². The van der Waals surface area contributed by atoms with Crippen molar-refractivity contribution in [2.24, 2.45) is 0 Å². The second-order valence-electron chi connectivity index (χ2n) is 4.17. The largest absolute Gasteiger partial charge is 0.496 e. The second-order valence-corrected chi connectivity index (χ2v) is 6.74. The van der Waals surface area contributed by atoms with Crippen LogP contribution in [0.2, 0.25) is 0 Å². The monoisotopic (exact) mass is 296 g/mol. The molecule has 0 aromatic heterocycles. The van der Waals surface area contributed by atoms with Gasteiger partial charge in [-0.25, -0.2) is 8.42 Å². The van der Waals surface area contributed by atoms with Gasteiger partial charge in [0.1, 0.15) is 5.75 Å². The van der Waals surface area contributed by atoms with Crippen molar-refractivity contribution in [3.8, 4) is 16.9 Å². The second kappa shape index (κ2) is 5.23. The van der Waals surface area contributed by atoms with Gasteiger partial charge in [0.15, 0.2) is 0 Å². The van der Waals surface area contributed by atoms with Crippen LogP contribution in [0.1, 0.15) is 5.56 Å². The van der Waals surface area contributed by atoms with Crippen LogP contribution in [-0.4, -0.2) is 15.5 Å². The maximum absolute atomic E-state index is 11.5. The minimum Gasteiger partial charge on any atom is -0.496 e. The van der Waals surface area contributed by atoms with Crippen LogP contribution in [0.15, 0.2) is 47.4 Å². The third-order valence-corrected chi connectivity index (χ3v) is 4.08. The van der Waals surface area contributed by atoms with Crippen LogP contribution in [0, 0.1) is 6.92 Å². The van der Waals surface area contributed by atoms with Gasteiger partial charge in [-0.15, -0.1) is 0 Å². The minimum atomic E-state index is -3.74. The van der Waals surface area contributed by atoms with Gasteiger partial charge in [0, 0.05) is 16.2 Å². The van der Waals surface area contributed by atoms with Crippen LogP contribution in [0.5, 0.6) is 5.75 Å². The van der Waals surface area contributed by atoms with E-state index in [1.807, 2.05) is 37.3 Å². The molecule has 0 saturated carbocycles. The van der Waals surface area contributed by atoms with Crippen LogP contribution < -0.4 is 4.74 Å². The molecule has 19 heavy (non-hydrogen) atoms. The number of para-hydroxylation sites is 1. The molecule has 0 bridgehead atoms. The SMILES string of the molecule is COc1ccccc1-c1cc(C)cc(S(=O)(=O)Cl)c1. The lowest BCUT2D eigenvalue weighted by Gasteiger charge is -2.10. The summed E-state index contributed by atoms with van der Waals surface area (Å²) in [5, 5.41) is 0. The zero-order valence-corrected chi connectivity index (χ0v) is 12.1. The molecule has 0 aliphatic heterocycles. The summed E-state index contributed by atoms with van der Waals surface area (Å²) in [4.78, 5) is 0.0927. The first-order chi connectivity index (χ1) is 8.91. The van der Waals surface area contributed by atoms with Crippen molar-refractivity contribution in [2.45, 2.75) is 11.8 Å². The Morgan fingerprint density at radius 2 is 1.79 bits per heavy atom. The van der Waals surface area contributed by atoms with E-state index in [0.717, 1.165) is 16.7 Å². The fourth-order valence-corrected chi connectivity index (χ4v) is 2.79. The normalized spacial score (nSPS) is 11.3. The molecule has 2 aromatic carbocycles. The van der Waals surface area contributed by atoms with Crippen molar-refractivity contribution in [2.75, 3.05) is 7.11 Å². The Bertz CT molecular complexity index is 708. The Labute approximate surface area is 117 Å². The predicted molar refractivity (Wildman–Crippen MR) is 76.2 cm³/mol. The lowest BCUT2D eigenvalue weighted by Crippen LogP contribution is -1.94. The van der Waals surface area contributed by atoms with Gasteiger partial charge in [-0.2, -0.15) is 0 Å². The number of ether oxygens (including phenoxy) is 1. The highest BCUT2D eigenvalue weighted by molar-refractivity contribution is 8.13. The van der Waals surface area contributed by atoms with Crippen LogP contribution in [0.25, 0.3) is 11.1 Å². The molecule has 0 radical (unpaired) electrons. The van der Waals surface area contributed by atoms with Crippen LogP contribution >= 0.6 is 10.7 Å². The molecule has 100 valence electrons. The Morgan fingerprint density at radius 1 is 1.11 bits per heavy atom. The lowest BCUT2D eigenvalue weighted by molar-refractivity contribution is 0.416. The molecule has 2 rings (SSSR count). The van der Waals surface area contributed by atoms with E-state index in [0.29, 0.717) is 5.75 Å². The Balaban J connectivity index is 2.66. The molecule has 0 amide bonds. The van der Waals surface area contributed by atoms with Gasteiger partial charge in [0.05, 0.1) is 12.0 Å². The summed E-state index contributed by atoms with van der Waals surface area (Å²) in [5.74, 6) is 0.686. The van der Waals surface area contributed by atoms with Crippen molar-refractivity contribution in [1.29, 1.82) is 0 Å². The van der Waals surface area contributed by atoms with Crippen molar-refractivity contribution < 1.29 is 13.2 Å².